The molecule has 1 aromatic rings. The number of hydrogen-bond donors (Lipinski definition) is 2. The molecule has 1 aromatic heterocycles. The highest BCUT2D eigenvalue weighted by Gasteiger charge is 1.94. The van der Waals surface area contributed by atoms with E-state index in [9.17, 15) is 0 Å². The van der Waals surface area contributed by atoms with Gasteiger partial charge >= 0.3 is 0 Å². The fourth-order valence-corrected chi connectivity index (χ4v) is 1.16. The maximum atomic E-state index is 5.44. The molecule has 0 amide bonds. The van der Waals surface area contributed by atoms with Crippen molar-refractivity contribution in [2.75, 3.05) is 19.8 Å². The highest BCUT2D eigenvalue weighted by molar-refractivity contribution is 5.02. The average molecular weight is 196 g/mol. The van der Waals surface area contributed by atoms with Crippen molar-refractivity contribution in [1.82, 2.24) is 10.3 Å². The van der Waals surface area contributed by atoms with Crippen molar-refractivity contribution in [3.8, 4) is 0 Å². The largest absolute Gasteiger partial charge is 0.380 e. The maximum absolute atomic E-state index is 5.44. The Morgan fingerprint density at radius 2 is 2.36 bits per heavy atom. The van der Waals surface area contributed by atoms with Gasteiger partial charge in [0.15, 0.2) is 0 Å². The van der Waals surface area contributed by atoms with E-state index >= 15 is 0 Å². The van der Waals surface area contributed by atoms with Crippen LogP contribution in [0.5, 0.6) is 0 Å². The molecule has 0 saturated carbocycles. The van der Waals surface area contributed by atoms with Crippen LogP contribution in [0.2, 0.25) is 0 Å². The number of H-pyrrole nitrogens is 1. The van der Waals surface area contributed by atoms with Crippen LogP contribution in [0.25, 0.3) is 0 Å². The number of ether oxygens (including phenoxy) is 1. The minimum atomic E-state index is 0.624. The molecule has 0 atom stereocenters. The van der Waals surface area contributed by atoms with Crippen LogP contribution in [0.3, 0.4) is 0 Å². The first-order chi connectivity index (χ1) is 6.79. The van der Waals surface area contributed by atoms with Crippen LogP contribution < -0.4 is 5.32 Å². The molecular formula is C11H20N2O. The molecule has 1 rings (SSSR count). The Hall–Kier alpha value is -0.800. The zero-order valence-electron chi connectivity index (χ0n) is 9.05. The highest BCUT2D eigenvalue weighted by Crippen LogP contribution is 1.93. The normalized spacial score (nSPS) is 11.1. The van der Waals surface area contributed by atoms with Gasteiger partial charge in [-0.1, -0.05) is 13.8 Å². The van der Waals surface area contributed by atoms with Gasteiger partial charge in [-0.05, 0) is 18.1 Å². The fourth-order valence-electron chi connectivity index (χ4n) is 1.16. The van der Waals surface area contributed by atoms with Gasteiger partial charge in [-0.2, -0.15) is 0 Å². The molecule has 0 spiro atoms. The van der Waals surface area contributed by atoms with Crippen LogP contribution >= 0.6 is 0 Å². The van der Waals surface area contributed by atoms with Crippen LogP contribution in [0.1, 0.15) is 19.5 Å². The first kappa shape index (κ1) is 11.3. The second-order valence-electron chi connectivity index (χ2n) is 3.84. The molecule has 3 nitrogen and oxygen atoms in total. The minimum Gasteiger partial charge on any atom is -0.380 e. The van der Waals surface area contributed by atoms with E-state index in [1.54, 1.807) is 0 Å². The zero-order valence-corrected chi connectivity index (χ0v) is 9.05. The van der Waals surface area contributed by atoms with Gasteiger partial charge in [-0.3, -0.25) is 0 Å². The summed E-state index contributed by atoms with van der Waals surface area (Å²) in [6.07, 6.45) is 1.94. The van der Waals surface area contributed by atoms with Gasteiger partial charge < -0.3 is 15.0 Å². The smallest absolute Gasteiger partial charge is 0.0591 e. The summed E-state index contributed by atoms with van der Waals surface area (Å²) in [5.74, 6) is 0.624. The third-order valence-electron chi connectivity index (χ3n) is 1.85. The van der Waals surface area contributed by atoms with Gasteiger partial charge in [0.2, 0.25) is 0 Å². The Kier molecular flexibility index (Phi) is 5.33. The molecule has 0 aliphatic rings. The van der Waals surface area contributed by atoms with Crippen LogP contribution in [0, 0.1) is 5.92 Å². The Morgan fingerprint density at radius 1 is 1.50 bits per heavy atom. The lowest BCUT2D eigenvalue weighted by Gasteiger charge is -2.07. The third kappa shape index (κ3) is 5.04. The van der Waals surface area contributed by atoms with Crippen molar-refractivity contribution < 1.29 is 4.74 Å². The van der Waals surface area contributed by atoms with Crippen LogP contribution in [0.4, 0.5) is 0 Å². The van der Waals surface area contributed by atoms with E-state index in [1.165, 1.54) is 5.69 Å². The third-order valence-corrected chi connectivity index (χ3v) is 1.85. The van der Waals surface area contributed by atoms with Gasteiger partial charge in [0.05, 0.1) is 6.61 Å². The number of hydrogen-bond acceptors (Lipinski definition) is 2. The van der Waals surface area contributed by atoms with Crippen molar-refractivity contribution in [1.29, 1.82) is 0 Å². The topological polar surface area (TPSA) is 37.0 Å². The second-order valence-corrected chi connectivity index (χ2v) is 3.84. The molecule has 3 heteroatoms. The lowest BCUT2D eigenvalue weighted by molar-refractivity contribution is 0.111. The van der Waals surface area contributed by atoms with Gasteiger partial charge in [0, 0.05) is 31.6 Å². The Balaban J connectivity index is 1.90. The molecule has 0 bridgehead atoms. The van der Waals surface area contributed by atoms with E-state index in [4.69, 9.17) is 4.74 Å². The van der Waals surface area contributed by atoms with E-state index < -0.39 is 0 Å². The fraction of sp³-hybridized carbons (Fsp3) is 0.636. The number of rotatable bonds is 7. The number of aromatic amines is 1. The Labute approximate surface area is 85.9 Å². The van der Waals surface area contributed by atoms with E-state index in [-0.39, 0.29) is 0 Å². The molecule has 80 valence electrons. The summed E-state index contributed by atoms with van der Waals surface area (Å²) >= 11 is 0. The molecule has 0 aliphatic carbocycles. The quantitative estimate of drug-likeness (QED) is 0.652. The van der Waals surface area contributed by atoms with Gasteiger partial charge in [-0.25, -0.2) is 0 Å². The standard InChI is InChI=1S/C11H20N2O/c1-10(2)9-14-7-6-12-8-11-4-3-5-13-11/h3-5,10,12-13H,6-9H2,1-2H3. The number of aromatic nitrogens is 1. The van der Waals surface area contributed by atoms with Gasteiger partial charge in [0.1, 0.15) is 0 Å². The lowest BCUT2D eigenvalue weighted by atomic mass is 10.2. The summed E-state index contributed by atoms with van der Waals surface area (Å²) in [6.45, 7) is 7.76. The van der Waals surface area contributed by atoms with E-state index in [1.807, 2.05) is 12.3 Å². The van der Waals surface area contributed by atoms with Crippen molar-refractivity contribution in [2.45, 2.75) is 20.4 Å². The van der Waals surface area contributed by atoms with E-state index in [2.05, 4.69) is 30.2 Å². The summed E-state index contributed by atoms with van der Waals surface area (Å²) < 4.78 is 5.44. The summed E-state index contributed by atoms with van der Waals surface area (Å²) in [7, 11) is 0. The molecule has 2 N–H and O–H groups in total. The summed E-state index contributed by atoms with van der Waals surface area (Å²) in [4.78, 5) is 3.14. The Morgan fingerprint density at radius 3 is 3.00 bits per heavy atom. The predicted octanol–water partition coefficient (Wildman–Crippen LogP) is 1.78. The van der Waals surface area contributed by atoms with E-state index in [0.717, 1.165) is 26.3 Å². The van der Waals surface area contributed by atoms with Crippen molar-refractivity contribution in [2.24, 2.45) is 5.92 Å². The minimum absolute atomic E-state index is 0.624. The maximum Gasteiger partial charge on any atom is 0.0591 e. The molecule has 14 heavy (non-hydrogen) atoms. The SMILES string of the molecule is CC(C)COCCNCc1ccc[nH]1. The average Bonchev–Trinajstić information content (AvgIpc) is 2.63. The molecule has 0 saturated heterocycles. The molecule has 0 fully saturated rings. The molecular weight excluding hydrogens is 176 g/mol. The predicted molar refractivity (Wildman–Crippen MR) is 58.2 cm³/mol. The highest BCUT2D eigenvalue weighted by atomic mass is 16.5. The first-order valence-electron chi connectivity index (χ1n) is 5.19. The Bertz CT molecular complexity index is 219. The van der Waals surface area contributed by atoms with Crippen molar-refractivity contribution in [3.63, 3.8) is 0 Å². The van der Waals surface area contributed by atoms with Gasteiger partial charge in [-0.15, -0.1) is 0 Å². The second kappa shape index (κ2) is 6.62. The summed E-state index contributed by atoms with van der Waals surface area (Å²) in [5.41, 5.74) is 1.22. The number of nitrogens with one attached hydrogen (secondary N) is 2. The van der Waals surface area contributed by atoms with Crippen molar-refractivity contribution in [3.05, 3.63) is 24.0 Å². The van der Waals surface area contributed by atoms with Crippen LogP contribution in [-0.4, -0.2) is 24.7 Å². The summed E-state index contributed by atoms with van der Waals surface area (Å²) in [6, 6.07) is 4.08. The van der Waals surface area contributed by atoms with Crippen LogP contribution in [-0.2, 0) is 11.3 Å². The van der Waals surface area contributed by atoms with Gasteiger partial charge in [0.25, 0.3) is 0 Å². The molecule has 0 aliphatic heterocycles. The lowest BCUT2D eigenvalue weighted by Crippen LogP contribution is -2.20. The van der Waals surface area contributed by atoms with Crippen molar-refractivity contribution >= 4 is 0 Å². The molecule has 0 aromatic carbocycles. The van der Waals surface area contributed by atoms with Crippen LogP contribution in [0.15, 0.2) is 18.3 Å². The zero-order chi connectivity index (χ0) is 10.2. The molecule has 1 heterocycles. The molecule has 0 radical (unpaired) electrons. The molecule has 0 unspecified atom stereocenters. The van der Waals surface area contributed by atoms with E-state index in [0.29, 0.717) is 5.92 Å². The monoisotopic (exact) mass is 196 g/mol. The first-order valence-corrected chi connectivity index (χ1v) is 5.19. The summed E-state index contributed by atoms with van der Waals surface area (Å²) in [5, 5.41) is 3.31.